The normalized spacial score (nSPS) is 11.4. The average Bonchev–Trinajstić information content (AvgIpc) is 2.65. The summed E-state index contributed by atoms with van der Waals surface area (Å²) in [4.78, 5) is 11.5. The fourth-order valence-corrected chi connectivity index (χ4v) is 1.90. The number of hydrogen-bond acceptors (Lipinski definition) is 3. The van der Waals surface area contributed by atoms with Crippen LogP contribution in [0.5, 0.6) is 0 Å². The molecule has 0 unspecified atom stereocenters. The first kappa shape index (κ1) is 13.2. The molecule has 0 saturated carbocycles. The monoisotopic (exact) mass is 240 g/mol. The molecule has 1 amide bonds. The van der Waals surface area contributed by atoms with Gasteiger partial charge >= 0.3 is 0 Å². The van der Waals surface area contributed by atoms with Gasteiger partial charge in [0.05, 0.1) is 0 Å². The fraction of sp³-hybridized carbons (Fsp3) is 0.583. The molecule has 1 aromatic heterocycles. The van der Waals surface area contributed by atoms with Gasteiger partial charge in [-0.25, -0.2) is 0 Å². The van der Waals surface area contributed by atoms with E-state index < -0.39 is 0 Å². The zero-order chi connectivity index (χ0) is 12.0. The summed E-state index contributed by atoms with van der Waals surface area (Å²) in [6.45, 7) is 7.64. The Morgan fingerprint density at radius 1 is 1.44 bits per heavy atom. The van der Waals surface area contributed by atoms with Crippen molar-refractivity contribution in [1.82, 2.24) is 10.6 Å². The first-order chi connectivity index (χ1) is 7.47. The lowest BCUT2D eigenvalue weighted by molar-refractivity contribution is -0.121. The van der Waals surface area contributed by atoms with E-state index in [0.717, 1.165) is 6.54 Å². The molecule has 0 radical (unpaired) electrons. The van der Waals surface area contributed by atoms with E-state index in [1.807, 2.05) is 16.8 Å². The van der Waals surface area contributed by atoms with Gasteiger partial charge in [0.15, 0.2) is 0 Å². The summed E-state index contributed by atoms with van der Waals surface area (Å²) in [5, 5.41) is 10.3. The first-order valence-corrected chi connectivity index (χ1v) is 6.44. The van der Waals surface area contributed by atoms with E-state index >= 15 is 0 Å². The average molecular weight is 240 g/mol. The zero-order valence-electron chi connectivity index (χ0n) is 10.2. The Hall–Kier alpha value is -0.870. The van der Waals surface area contributed by atoms with Crippen molar-refractivity contribution >= 4 is 17.2 Å². The van der Waals surface area contributed by atoms with E-state index in [9.17, 15) is 4.79 Å². The number of carbonyl (C=O) groups is 1. The van der Waals surface area contributed by atoms with Gasteiger partial charge in [0.1, 0.15) is 0 Å². The fourth-order valence-electron chi connectivity index (χ4n) is 1.23. The molecule has 16 heavy (non-hydrogen) atoms. The van der Waals surface area contributed by atoms with E-state index in [2.05, 4.69) is 31.4 Å². The Balaban J connectivity index is 2.12. The summed E-state index contributed by atoms with van der Waals surface area (Å²) >= 11 is 1.65. The van der Waals surface area contributed by atoms with Crippen molar-refractivity contribution in [2.75, 3.05) is 6.54 Å². The van der Waals surface area contributed by atoms with Gasteiger partial charge in [-0.15, -0.1) is 0 Å². The largest absolute Gasteiger partial charge is 0.352 e. The van der Waals surface area contributed by atoms with Gasteiger partial charge < -0.3 is 10.6 Å². The number of amides is 1. The van der Waals surface area contributed by atoms with Gasteiger partial charge in [-0.1, -0.05) is 0 Å². The minimum atomic E-state index is 0.0770. The van der Waals surface area contributed by atoms with Crippen molar-refractivity contribution in [3.05, 3.63) is 22.4 Å². The molecule has 1 rings (SSSR count). The molecule has 0 aliphatic heterocycles. The standard InChI is InChI=1S/C12H20N2OS/c1-12(2,3)14-6-4-11(15)13-8-10-5-7-16-9-10/h5,7,9,14H,4,6,8H2,1-3H3,(H,13,15). The molecule has 3 nitrogen and oxygen atoms in total. The minimum absolute atomic E-state index is 0.0770. The van der Waals surface area contributed by atoms with Crippen molar-refractivity contribution in [2.24, 2.45) is 0 Å². The second kappa shape index (κ2) is 6.01. The maximum Gasteiger partial charge on any atom is 0.221 e. The van der Waals surface area contributed by atoms with Gasteiger partial charge in [0.25, 0.3) is 0 Å². The van der Waals surface area contributed by atoms with Crippen LogP contribution in [0.2, 0.25) is 0 Å². The van der Waals surface area contributed by atoms with Crippen LogP contribution < -0.4 is 10.6 Å². The van der Waals surface area contributed by atoms with Crippen LogP contribution in [0.15, 0.2) is 16.8 Å². The molecule has 0 spiro atoms. The number of rotatable bonds is 5. The Labute approximate surface area is 101 Å². The van der Waals surface area contributed by atoms with Gasteiger partial charge in [-0.05, 0) is 43.2 Å². The summed E-state index contributed by atoms with van der Waals surface area (Å²) in [7, 11) is 0. The summed E-state index contributed by atoms with van der Waals surface area (Å²) in [6, 6.07) is 2.03. The highest BCUT2D eigenvalue weighted by molar-refractivity contribution is 7.07. The number of thiophene rings is 1. The zero-order valence-corrected chi connectivity index (χ0v) is 11.0. The second-order valence-electron chi connectivity index (χ2n) is 4.84. The van der Waals surface area contributed by atoms with Crippen molar-refractivity contribution in [2.45, 2.75) is 39.3 Å². The Kier molecular flexibility index (Phi) is 4.96. The summed E-state index contributed by atoms with van der Waals surface area (Å²) in [5.41, 5.74) is 1.25. The van der Waals surface area contributed by atoms with E-state index in [-0.39, 0.29) is 11.4 Å². The highest BCUT2D eigenvalue weighted by Gasteiger charge is 2.09. The molecule has 2 N–H and O–H groups in total. The molecule has 0 atom stereocenters. The van der Waals surface area contributed by atoms with Crippen LogP contribution in [-0.2, 0) is 11.3 Å². The maximum absolute atomic E-state index is 11.5. The van der Waals surface area contributed by atoms with Crippen LogP contribution in [0.3, 0.4) is 0 Å². The SMILES string of the molecule is CC(C)(C)NCCC(=O)NCc1ccsc1. The van der Waals surface area contributed by atoms with Gasteiger partial charge in [-0.2, -0.15) is 11.3 Å². The molecular formula is C12H20N2OS. The highest BCUT2D eigenvalue weighted by atomic mass is 32.1. The minimum Gasteiger partial charge on any atom is -0.352 e. The third-order valence-electron chi connectivity index (χ3n) is 2.08. The molecular weight excluding hydrogens is 220 g/mol. The third kappa shape index (κ3) is 5.88. The lowest BCUT2D eigenvalue weighted by atomic mass is 10.1. The molecule has 0 bridgehead atoms. The summed E-state index contributed by atoms with van der Waals surface area (Å²) in [5.74, 6) is 0.1000. The molecule has 0 aromatic carbocycles. The molecule has 90 valence electrons. The smallest absolute Gasteiger partial charge is 0.221 e. The van der Waals surface area contributed by atoms with Gasteiger partial charge in [0, 0.05) is 25.0 Å². The van der Waals surface area contributed by atoms with Crippen LogP contribution in [0, 0.1) is 0 Å². The molecule has 0 aliphatic rings. The van der Waals surface area contributed by atoms with Crippen LogP contribution in [0.4, 0.5) is 0 Å². The van der Waals surface area contributed by atoms with Crippen LogP contribution in [0.1, 0.15) is 32.8 Å². The number of hydrogen-bond donors (Lipinski definition) is 2. The van der Waals surface area contributed by atoms with E-state index in [1.165, 1.54) is 5.56 Å². The van der Waals surface area contributed by atoms with Crippen molar-refractivity contribution in [1.29, 1.82) is 0 Å². The van der Waals surface area contributed by atoms with Crippen LogP contribution in [0.25, 0.3) is 0 Å². The van der Waals surface area contributed by atoms with E-state index in [1.54, 1.807) is 11.3 Å². The third-order valence-corrected chi connectivity index (χ3v) is 2.81. The van der Waals surface area contributed by atoms with E-state index in [0.29, 0.717) is 13.0 Å². The summed E-state index contributed by atoms with van der Waals surface area (Å²) in [6.07, 6.45) is 0.529. The molecule has 0 saturated heterocycles. The Morgan fingerprint density at radius 2 is 2.19 bits per heavy atom. The maximum atomic E-state index is 11.5. The molecule has 0 aliphatic carbocycles. The molecule has 1 heterocycles. The quantitative estimate of drug-likeness (QED) is 0.828. The summed E-state index contributed by atoms with van der Waals surface area (Å²) < 4.78 is 0. The number of nitrogens with one attached hydrogen (secondary N) is 2. The lowest BCUT2D eigenvalue weighted by Gasteiger charge is -2.20. The predicted octanol–water partition coefficient (Wildman–Crippen LogP) is 2.14. The first-order valence-electron chi connectivity index (χ1n) is 5.50. The van der Waals surface area contributed by atoms with Crippen LogP contribution in [-0.4, -0.2) is 18.0 Å². The Morgan fingerprint density at radius 3 is 2.75 bits per heavy atom. The van der Waals surface area contributed by atoms with Gasteiger partial charge in [0.2, 0.25) is 5.91 Å². The van der Waals surface area contributed by atoms with Crippen LogP contribution >= 0.6 is 11.3 Å². The topological polar surface area (TPSA) is 41.1 Å². The number of carbonyl (C=O) groups excluding carboxylic acids is 1. The van der Waals surface area contributed by atoms with Crippen molar-refractivity contribution < 1.29 is 4.79 Å². The predicted molar refractivity (Wildman–Crippen MR) is 68.5 cm³/mol. The second-order valence-corrected chi connectivity index (χ2v) is 5.62. The Bertz CT molecular complexity index is 314. The molecule has 0 fully saturated rings. The van der Waals surface area contributed by atoms with Crippen molar-refractivity contribution in [3.63, 3.8) is 0 Å². The van der Waals surface area contributed by atoms with Gasteiger partial charge in [-0.3, -0.25) is 4.79 Å². The van der Waals surface area contributed by atoms with E-state index in [4.69, 9.17) is 0 Å². The molecule has 4 heteroatoms. The highest BCUT2D eigenvalue weighted by Crippen LogP contribution is 2.05. The van der Waals surface area contributed by atoms with Crippen molar-refractivity contribution in [3.8, 4) is 0 Å². The lowest BCUT2D eigenvalue weighted by Crippen LogP contribution is -2.38. The molecule has 1 aromatic rings.